The normalized spacial score (nSPS) is 17.2. The van der Waals surface area contributed by atoms with Crippen LogP contribution < -0.4 is 38.8 Å². The van der Waals surface area contributed by atoms with Crippen molar-refractivity contribution in [3.8, 4) is 45.6 Å². The highest BCUT2D eigenvalue weighted by atomic mass is 31.2. The number of aliphatic hydroxyl groups excluding tert-OH is 2. The fourth-order valence-electron chi connectivity index (χ4n) is 7.18. The molecule has 0 saturated carbocycles. The lowest BCUT2D eigenvalue weighted by atomic mass is 10.0. The second-order valence-corrected chi connectivity index (χ2v) is 17.3. The topological polar surface area (TPSA) is 125 Å². The van der Waals surface area contributed by atoms with Gasteiger partial charge in [0.1, 0.15) is 85.8 Å². The average Bonchev–Trinajstić information content (AvgIpc) is 4.14. The van der Waals surface area contributed by atoms with E-state index in [9.17, 15) is 10.2 Å². The zero-order valence-electron chi connectivity index (χ0n) is 33.3. The monoisotopic (exact) mass is 836 g/mol. The van der Waals surface area contributed by atoms with Crippen LogP contribution in [-0.4, -0.2) is 68.2 Å². The summed E-state index contributed by atoms with van der Waals surface area (Å²) in [4.78, 5) is 0. The first kappa shape index (κ1) is 40.1. The van der Waals surface area contributed by atoms with Gasteiger partial charge in [0.05, 0.1) is 17.2 Å². The Morgan fingerprint density at radius 2 is 1.08 bits per heavy atom. The largest absolute Gasteiger partial charge is 0.491 e. The molecule has 0 aliphatic carbocycles. The van der Waals surface area contributed by atoms with Crippen molar-refractivity contribution in [2.45, 2.75) is 24.7 Å². The van der Waals surface area contributed by atoms with E-state index in [2.05, 4.69) is 12.1 Å². The molecule has 0 aromatic heterocycles. The highest BCUT2D eigenvalue weighted by molar-refractivity contribution is 7.75. The van der Waals surface area contributed by atoms with E-state index in [1.807, 2.05) is 127 Å². The first-order chi connectivity index (χ1) is 29.9. The number of hydrogen-bond donors (Lipinski definition) is 2. The smallest absolute Gasteiger partial charge is 0.308 e. The first-order valence-electron chi connectivity index (χ1n) is 20.3. The highest BCUT2D eigenvalue weighted by Gasteiger charge is 2.39. The third kappa shape index (κ3) is 9.70. The summed E-state index contributed by atoms with van der Waals surface area (Å²) in [5, 5.41) is 24.0. The molecule has 1 fully saturated rings. The molecule has 0 amide bonds. The number of hydrogen-bond acceptors (Lipinski definition) is 10. The summed E-state index contributed by atoms with van der Waals surface area (Å²) < 4.78 is 56.8. The minimum atomic E-state index is -3.79. The second kappa shape index (κ2) is 18.1. The summed E-state index contributed by atoms with van der Waals surface area (Å²) in [6.07, 6.45) is -0.875. The maximum atomic E-state index is 15.5. The predicted molar refractivity (Wildman–Crippen MR) is 235 cm³/mol. The molecule has 7 aromatic carbocycles. The van der Waals surface area contributed by atoms with Crippen molar-refractivity contribution < 1.29 is 47.7 Å². The Labute approximate surface area is 354 Å². The van der Waals surface area contributed by atoms with Crippen LogP contribution in [0.25, 0.3) is 21.9 Å². The summed E-state index contributed by atoms with van der Waals surface area (Å²) in [5.74, 6) is 3.50. The fraction of sp³-hybridized carbons (Fsp3) is 0.200. The Morgan fingerprint density at radius 1 is 0.541 bits per heavy atom. The molecule has 10 nitrogen and oxygen atoms in total. The van der Waals surface area contributed by atoms with Crippen LogP contribution in [0.3, 0.4) is 0 Å². The van der Waals surface area contributed by atoms with E-state index in [-0.39, 0.29) is 32.5 Å². The average molecular weight is 837 g/mol. The van der Waals surface area contributed by atoms with Gasteiger partial charge in [-0.2, -0.15) is 0 Å². The number of rotatable bonds is 18. The van der Waals surface area contributed by atoms with Crippen molar-refractivity contribution in [1.29, 1.82) is 0 Å². The quantitative estimate of drug-likeness (QED) is 0.0647. The van der Waals surface area contributed by atoms with Crippen LogP contribution >= 0.6 is 7.37 Å². The summed E-state index contributed by atoms with van der Waals surface area (Å²) in [5.41, 5.74) is 3.97. The van der Waals surface area contributed by atoms with Crippen LogP contribution in [0.4, 0.5) is 0 Å². The van der Waals surface area contributed by atoms with Gasteiger partial charge >= 0.3 is 7.37 Å². The number of ether oxygens (including phenoxy) is 6. The molecule has 7 aromatic rings. The van der Waals surface area contributed by atoms with E-state index < -0.39 is 19.6 Å². The van der Waals surface area contributed by atoms with Crippen LogP contribution in [0, 0.1) is 0 Å². The molecule has 2 heterocycles. The minimum absolute atomic E-state index is 0.0215. The Kier molecular flexibility index (Phi) is 11.9. The summed E-state index contributed by atoms with van der Waals surface area (Å²) >= 11 is 0. The van der Waals surface area contributed by atoms with Crippen molar-refractivity contribution in [3.05, 3.63) is 169 Å². The maximum Gasteiger partial charge on any atom is 0.308 e. The third-order valence-electron chi connectivity index (χ3n) is 10.4. The van der Waals surface area contributed by atoms with Crippen LogP contribution in [0.5, 0.6) is 34.5 Å². The second-order valence-electron chi connectivity index (χ2n) is 15.1. The number of aliphatic hydroxyl groups is 2. The van der Waals surface area contributed by atoms with E-state index in [0.29, 0.717) is 51.3 Å². The predicted octanol–water partition coefficient (Wildman–Crippen LogP) is 8.13. The van der Waals surface area contributed by atoms with Crippen molar-refractivity contribution >= 4 is 28.8 Å². The fourth-order valence-corrected chi connectivity index (χ4v) is 9.67. The zero-order chi connectivity index (χ0) is 41.6. The van der Waals surface area contributed by atoms with Crippen LogP contribution in [-0.2, 0) is 15.7 Å². The summed E-state index contributed by atoms with van der Waals surface area (Å²) in [6.45, 7) is 1.30. The van der Waals surface area contributed by atoms with Crippen molar-refractivity contribution in [2.24, 2.45) is 0 Å². The molecule has 0 bridgehead atoms. The van der Waals surface area contributed by atoms with Gasteiger partial charge in [-0.3, -0.25) is 4.57 Å². The van der Waals surface area contributed by atoms with Gasteiger partial charge in [-0.1, -0.05) is 84.9 Å². The van der Waals surface area contributed by atoms with E-state index >= 15 is 4.57 Å². The lowest BCUT2D eigenvalue weighted by Crippen LogP contribution is -2.27. The van der Waals surface area contributed by atoms with Crippen molar-refractivity contribution in [3.63, 3.8) is 0 Å². The van der Waals surface area contributed by atoms with Gasteiger partial charge in [0.15, 0.2) is 0 Å². The maximum absolute atomic E-state index is 15.5. The molecule has 2 aliphatic heterocycles. The van der Waals surface area contributed by atoms with E-state index in [4.69, 9.17) is 32.9 Å². The van der Waals surface area contributed by atoms with Crippen LogP contribution in [0.2, 0.25) is 0 Å². The number of benzene rings is 7. The van der Waals surface area contributed by atoms with E-state index in [1.54, 1.807) is 18.2 Å². The zero-order valence-corrected chi connectivity index (χ0v) is 34.2. The molecule has 310 valence electrons. The van der Waals surface area contributed by atoms with Gasteiger partial charge in [0.25, 0.3) is 0 Å². The molecule has 1 saturated heterocycles. The van der Waals surface area contributed by atoms with Crippen molar-refractivity contribution in [1.82, 2.24) is 0 Å². The molecule has 2 N–H and O–H groups in total. The van der Waals surface area contributed by atoms with Crippen LogP contribution in [0.15, 0.2) is 158 Å². The molecule has 61 heavy (non-hydrogen) atoms. The Hall–Kier alpha value is -6.29. The molecule has 0 radical (unpaired) electrons. The minimum Gasteiger partial charge on any atom is -0.491 e. The number of para-hydroxylation sites is 2. The molecule has 4 atom stereocenters. The van der Waals surface area contributed by atoms with Gasteiger partial charge in [-0.05, 0) is 107 Å². The molecular weight excluding hydrogens is 792 g/mol. The summed E-state index contributed by atoms with van der Waals surface area (Å²) in [6, 6.07) is 49.2. The molecule has 0 spiro atoms. The SMILES string of the molecule is O=P1(c2cc(OCC(O)COc3ccccc3)cc3ccc(OCC(O)COc4ccc(Cc5ccc(OCC6CO6)cc5)cc4)cc23)Oc2ccccc2-c2ccccc21. The molecule has 4 unspecified atom stereocenters. The van der Waals surface area contributed by atoms with Gasteiger partial charge in [-0.15, -0.1) is 0 Å². The molecule has 2 aliphatic rings. The molecule has 11 heteroatoms. The highest BCUT2D eigenvalue weighted by Crippen LogP contribution is 2.55. The van der Waals surface area contributed by atoms with Gasteiger partial charge < -0.3 is 43.2 Å². The lowest BCUT2D eigenvalue weighted by molar-refractivity contribution is 0.0626. The molecule has 9 rings (SSSR count). The van der Waals surface area contributed by atoms with Gasteiger partial charge in [-0.25, -0.2) is 0 Å². The third-order valence-corrected chi connectivity index (χ3v) is 12.9. The van der Waals surface area contributed by atoms with Crippen molar-refractivity contribution in [2.75, 3.05) is 39.6 Å². The Bertz CT molecular complexity index is 2630. The van der Waals surface area contributed by atoms with Gasteiger partial charge in [0, 0.05) is 5.56 Å². The summed E-state index contributed by atoms with van der Waals surface area (Å²) in [7, 11) is -3.79. The first-order valence-corrected chi connectivity index (χ1v) is 21.9. The lowest BCUT2D eigenvalue weighted by Gasteiger charge is -2.30. The molecular formula is C50H45O10P. The Balaban J connectivity index is 0.882. The van der Waals surface area contributed by atoms with Crippen LogP contribution in [0.1, 0.15) is 11.1 Å². The number of epoxide rings is 1. The van der Waals surface area contributed by atoms with E-state index in [0.717, 1.165) is 40.9 Å². The van der Waals surface area contributed by atoms with Gasteiger partial charge in [0.2, 0.25) is 0 Å². The standard InChI is InChI=1S/C50H45O10P/c51-37(29-55-40-19-14-34(15-20-40)24-35-16-21-41(22-17-35)58-32-44-33-59-44)30-56-42-23-18-36-25-43(57-31-38(52)28-54-39-8-2-1-3-9-39)27-50(47(36)26-42)61(53)49-13-7-5-11-46(49)45-10-4-6-12-48(45)60-61/h1-23,25-27,37-38,44,51-52H,24,28-33H2. The Morgan fingerprint density at radius 3 is 1.75 bits per heavy atom. The number of fused-ring (bicyclic) bond motifs is 4. The van der Waals surface area contributed by atoms with E-state index in [1.165, 1.54) is 5.56 Å².